The van der Waals surface area contributed by atoms with Crippen LogP contribution in [-0.4, -0.2) is 41.8 Å². The maximum absolute atomic E-state index is 13.0. The molecule has 7 nitrogen and oxygen atoms in total. The molecule has 0 aliphatic heterocycles. The van der Waals surface area contributed by atoms with Crippen LogP contribution < -0.4 is 10.6 Å². The molecule has 2 aromatic carbocycles. The second-order valence-corrected chi connectivity index (χ2v) is 9.45. The third-order valence-electron chi connectivity index (χ3n) is 7.02. The molecule has 0 radical (unpaired) electrons. The summed E-state index contributed by atoms with van der Waals surface area (Å²) >= 11 is 0. The third-order valence-corrected chi connectivity index (χ3v) is 7.02. The smallest absolute Gasteiger partial charge is 0.407 e. The van der Waals surface area contributed by atoms with E-state index in [0.717, 1.165) is 28.7 Å². The molecular formula is C28H32N2O5. The van der Waals surface area contributed by atoms with Gasteiger partial charge in [-0.15, -0.1) is 0 Å². The highest BCUT2D eigenvalue weighted by Crippen LogP contribution is 2.44. The van der Waals surface area contributed by atoms with Gasteiger partial charge in [-0.2, -0.15) is 0 Å². The lowest BCUT2D eigenvalue weighted by molar-refractivity contribution is -0.140. The molecule has 0 spiro atoms. The molecule has 4 rings (SSSR count). The van der Waals surface area contributed by atoms with Crippen molar-refractivity contribution in [2.45, 2.75) is 51.1 Å². The van der Waals surface area contributed by atoms with Gasteiger partial charge in [-0.05, 0) is 41.0 Å². The lowest BCUT2D eigenvalue weighted by Gasteiger charge is -2.23. The van der Waals surface area contributed by atoms with Gasteiger partial charge >= 0.3 is 12.1 Å². The van der Waals surface area contributed by atoms with Gasteiger partial charge < -0.3 is 20.5 Å². The molecule has 0 saturated heterocycles. The highest BCUT2D eigenvalue weighted by atomic mass is 16.5. The standard InChI is InChI=1S/C28H32N2O5/c1-3-17(2)14-25(26(31)29-19-13-12-18(15-19)27(32)33)30-28(34)35-16-24-22-10-6-4-8-20(22)21-9-5-7-11-23(21)24/h4-13,17-19,24-25H,3,14-16H2,1-2H3,(H,29,31)(H,30,34)(H,32,33). The van der Waals surface area contributed by atoms with Crippen molar-refractivity contribution >= 4 is 18.0 Å². The minimum absolute atomic E-state index is 0.0634. The van der Waals surface area contributed by atoms with Gasteiger partial charge in [-0.25, -0.2) is 4.79 Å². The molecule has 7 heteroatoms. The molecule has 4 unspecified atom stereocenters. The lowest BCUT2D eigenvalue weighted by atomic mass is 9.98. The van der Waals surface area contributed by atoms with Crippen LogP contribution >= 0.6 is 0 Å². The van der Waals surface area contributed by atoms with Gasteiger partial charge in [0.15, 0.2) is 0 Å². The molecule has 0 bridgehead atoms. The molecule has 2 amide bonds. The van der Waals surface area contributed by atoms with Crippen molar-refractivity contribution in [1.82, 2.24) is 10.6 Å². The normalized spacial score (nSPS) is 19.9. The number of aliphatic carboxylic acids is 1. The zero-order chi connectivity index (χ0) is 24.9. The van der Waals surface area contributed by atoms with Gasteiger partial charge in [0.2, 0.25) is 5.91 Å². The van der Waals surface area contributed by atoms with E-state index in [1.807, 2.05) is 38.1 Å². The first-order valence-corrected chi connectivity index (χ1v) is 12.2. The van der Waals surface area contributed by atoms with Gasteiger partial charge in [0, 0.05) is 12.0 Å². The van der Waals surface area contributed by atoms with Crippen LogP contribution in [-0.2, 0) is 14.3 Å². The number of carbonyl (C=O) groups is 3. The first-order valence-electron chi connectivity index (χ1n) is 12.2. The molecule has 0 saturated carbocycles. The molecule has 184 valence electrons. The number of ether oxygens (including phenoxy) is 1. The number of amides is 2. The Morgan fingerprint density at radius 3 is 2.23 bits per heavy atom. The average Bonchev–Trinajstić information content (AvgIpc) is 3.45. The molecule has 2 aromatic rings. The van der Waals surface area contributed by atoms with Crippen LogP contribution in [0.15, 0.2) is 60.7 Å². The highest BCUT2D eigenvalue weighted by Gasteiger charge is 2.31. The van der Waals surface area contributed by atoms with E-state index < -0.39 is 24.0 Å². The van der Waals surface area contributed by atoms with Gasteiger partial charge in [0.1, 0.15) is 12.6 Å². The van der Waals surface area contributed by atoms with Gasteiger partial charge in [0.05, 0.1) is 5.92 Å². The Labute approximate surface area is 205 Å². The minimum atomic E-state index is -0.911. The average molecular weight is 477 g/mol. The largest absolute Gasteiger partial charge is 0.481 e. The third kappa shape index (κ3) is 5.56. The van der Waals surface area contributed by atoms with E-state index in [1.165, 1.54) is 0 Å². The summed E-state index contributed by atoms with van der Waals surface area (Å²) in [4.78, 5) is 37.0. The van der Waals surface area contributed by atoms with E-state index >= 15 is 0 Å². The molecule has 0 heterocycles. The van der Waals surface area contributed by atoms with Crippen molar-refractivity contribution in [3.05, 3.63) is 71.8 Å². The number of nitrogens with one attached hydrogen (secondary N) is 2. The zero-order valence-electron chi connectivity index (χ0n) is 20.1. The summed E-state index contributed by atoms with van der Waals surface area (Å²) in [5, 5.41) is 14.8. The maximum Gasteiger partial charge on any atom is 0.407 e. The van der Waals surface area contributed by atoms with Gasteiger partial charge in [-0.3, -0.25) is 9.59 Å². The quantitative estimate of drug-likeness (QED) is 0.463. The van der Waals surface area contributed by atoms with Crippen LogP contribution in [0, 0.1) is 11.8 Å². The fourth-order valence-electron chi connectivity index (χ4n) is 4.86. The SMILES string of the molecule is CCC(C)CC(NC(=O)OCC1c2ccccc2-c2ccccc21)C(=O)NC1C=CC(C(=O)O)C1. The van der Waals surface area contributed by atoms with Crippen molar-refractivity contribution in [3.63, 3.8) is 0 Å². The monoisotopic (exact) mass is 476 g/mol. The first-order chi connectivity index (χ1) is 16.9. The maximum atomic E-state index is 13.0. The Kier molecular flexibility index (Phi) is 7.54. The summed E-state index contributed by atoms with van der Waals surface area (Å²) in [6, 6.07) is 15.1. The van der Waals surface area contributed by atoms with Crippen LogP contribution in [0.4, 0.5) is 4.79 Å². The predicted molar refractivity (Wildman–Crippen MR) is 133 cm³/mol. The molecule has 0 fully saturated rings. The number of benzene rings is 2. The van der Waals surface area contributed by atoms with Crippen LogP contribution in [0.1, 0.15) is 50.2 Å². The summed E-state index contributed by atoms with van der Waals surface area (Å²) in [6.07, 6.45) is 4.29. The molecule has 35 heavy (non-hydrogen) atoms. The summed E-state index contributed by atoms with van der Waals surface area (Å²) in [6.45, 7) is 4.23. The molecular weight excluding hydrogens is 444 g/mol. The number of rotatable bonds is 9. The molecule has 3 N–H and O–H groups in total. The summed E-state index contributed by atoms with van der Waals surface area (Å²) in [7, 11) is 0. The number of carboxylic acids is 1. The van der Waals surface area contributed by atoms with Crippen LogP contribution in [0.3, 0.4) is 0 Å². The summed E-state index contributed by atoms with van der Waals surface area (Å²) < 4.78 is 5.63. The number of carboxylic acid groups (broad SMARTS) is 1. The van der Waals surface area contributed by atoms with Gasteiger partial charge in [-0.1, -0.05) is 81.0 Å². The van der Waals surface area contributed by atoms with E-state index in [-0.39, 0.29) is 30.4 Å². The van der Waals surface area contributed by atoms with Gasteiger partial charge in [0.25, 0.3) is 0 Å². The van der Waals surface area contributed by atoms with Crippen molar-refractivity contribution < 1.29 is 24.2 Å². The van der Waals surface area contributed by atoms with Crippen LogP contribution in [0.5, 0.6) is 0 Å². The Bertz CT molecular complexity index is 1080. The van der Waals surface area contributed by atoms with Crippen LogP contribution in [0.2, 0.25) is 0 Å². The number of alkyl carbamates (subject to hydrolysis) is 1. The molecule has 4 atom stereocenters. The fraction of sp³-hybridized carbons (Fsp3) is 0.393. The number of hydrogen-bond donors (Lipinski definition) is 3. The Morgan fingerprint density at radius 1 is 1.03 bits per heavy atom. The van der Waals surface area contributed by atoms with Crippen LogP contribution in [0.25, 0.3) is 11.1 Å². The second kappa shape index (κ2) is 10.8. The second-order valence-electron chi connectivity index (χ2n) is 9.45. The first kappa shape index (κ1) is 24.5. The van der Waals surface area contributed by atoms with Crippen molar-refractivity contribution in [2.24, 2.45) is 11.8 Å². The minimum Gasteiger partial charge on any atom is -0.481 e. The molecule has 2 aliphatic carbocycles. The predicted octanol–water partition coefficient (Wildman–Crippen LogP) is 4.48. The van der Waals surface area contributed by atoms with E-state index in [1.54, 1.807) is 12.2 Å². The Hall–Kier alpha value is -3.61. The zero-order valence-corrected chi connectivity index (χ0v) is 20.1. The van der Waals surface area contributed by atoms with E-state index in [2.05, 4.69) is 34.9 Å². The summed E-state index contributed by atoms with van der Waals surface area (Å²) in [5.74, 6) is -1.70. The fourth-order valence-corrected chi connectivity index (χ4v) is 4.86. The van der Waals surface area contributed by atoms with E-state index in [0.29, 0.717) is 12.8 Å². The van der Waals surface area contributed by atoms with E-state index in [4.69, 9.17) is 4.74 Å². The summed E-state index contributed by atoms with van der Waals surface area (Å²) in [5.41, 5.74) is 4.54. The number of carbonyl (C=O) groups excluding carboxylic acids is 2. The van der Waals surface area contributed by atoms with Crippen molar-refractivity contribution in [1.29, 1.82) is 0 Å². The molecule has 2 aliphatic rings. The number of hydrogen-bond acceptors (Lipinski definition) is 4. The Morgan fingerprint density at radius 2 is 1.66 bits per heavy atom. The topological polar surface area (TPSA) is 105 Å². The van der Waals surface area contributed by atoms with E-state index in [9.17, 15) is 19.5 Å². The Balaban J connectivity index is 1.39. The number of fused-ring (bicyclic) bond motifs is 3. The highest BCUT2D eigenvalue weighted by molar-refractivity contribution is 5.86. The lowest BCUT2D eigenvalue weighted by Crippen LogP contribution is -2.50. The van der Waals surface area contributed by atoms with Crippen molar-refractivity contribution in [2.75, 3.05) is 6.61 Å². The van der Waals surface area contributed by atoms with Crippen molar-refractivity contribution in [3.8, 4) is 11.1 Å². The molecule has 0 aromatic heterocycles.